The third kappa shape index (κ3) is 2.83. The third-order valence-corrected chi connectivity index (χ3v) is 3.86. The fraction of sp³-hybridized carbons (Fsp3) is 0.444. The van der Waals surface area contributed by atoms with E-state index in [1.54, 1.807) is 0 Å². The Bertz CT molecular complexity index is 799. The number of benzene rings is 1. The van der Waals surface area contributed by atoms with Gasteiger partial charge in [0.2, 0.25) is 0 Å². The minimum absolute atomic E-state index is 0.538. The predicted octanol–water partition coefficient (Wildman–Crippen LogP) is 3.70. The van der Waals surface area contributed by atoms with Crippen molar-refractivity contribution in [1.29, 1.82) is 0 Å². The van der Waals surface area contributed by atoms with E-state index in [-0.39, 0.29) is 0 Å². The molecule has 1 N–H and O–H groups in total. The summed E-state index contributed by atoms with van der Waals surface area (Å²) in [6.45, 7) is 6.40. The molecule has 0 unspecified atom stereocenters. The Morgan fingerprint density at radius 3 is 2.68 bits per heavy atom. The first-order valence-corrected chi connectivity index (χ1v) is 7.95. The van der Waals surface area contributed by atoms with Crippen LogP contribution >= 0.6 is 0 Å². The number of imidazole rings is 1. The number of unbranched alkanes of at least 4 members (excludes halogenated alkanes) is 1. The van der Waals surface area contributed by atoms with Crippen LogP contribution in [0.5, 0.6) is 0 Å². The van der Waals surface area contributed by atoms with E-state index in [2.05, 4.69) is 22.5 Å². The minimum atomic E-state index is -0.779. The molecule has 2 heterocycles. The fourth-order valence-electron chi connectivity index (χ4n) is 2.89. The van der Waals surface area contributed by atoms with E-state index < -0.39 is 5.60 Å². The SMILES string of the molecule is CCCCc1nc2cnc3ccccc3c2n1CC(C)(C)O. The summed E-state index contributed by atoms with van der Waals surface area (Å²) in [5.41, 5.74) is 2.18. The van der Waals surface area contributed by atoms with Crippen molar-refractivity contribution in [1.82, 2.24) is 14.5 Å². The second-order valence-corrected chi connectivity index (χ2v) is 6.54. The van der Waals surface area contributed by atoms with Crippen molar-refractivity contribution in [2.75, 3.05) is 0 Å². The van der Waals surface area contributed by atoms with Crippen molar-refractivity contribution in [3.05, 3.63) is 36.3 Å². The molecule has 0 saturated heterocycles. The molecule has 1 aromatic carbocycles. The van der Waals surface area contributed by atoms with Crippen molar-refractivity contribution in [2.45, 2.75) is 52.2 Å². The van der Waals surface area contributed by atoms with Gasteiger partial charge in [-0.05, 0) is 26.3 Å². The van der Waals surface area contributed by atoms with Crippen LogP contribution in [-0.4, -0.2) is 25.2 Å². The highest BCUT2D eigenvalue weighted by Crippen LogP contribution is 2.26. The molecule has 0 spiro atoms. The number of para-hydroxylation sites is 1. The highest BCUT2D eigenvalue weighted by molar-refractivity contribution is 6.02. The molecule has 0 aliphatic rings. The summed E-state index contributed by atoms with van der Waals surface area (Å²) in [6, 6.07) is 8.12. The number of aliphatic hydroxyl groups is 1. The number of nitrogens with zero attached hydrogens (tertiary/aromatic N) is 3. The first-order chi connectivity index (χ1) is 10.5. The summed E-state index contributed by atoms with van der Waals surface area (Å²) < 4.78 is 2.18. The lowest BCUT2D eigenvalue weighted by Gasteiger charge is -2.20. The summed E-state index contributed by atoms with van der Waals surface area (Å²) in [5, 5.41) is 11.4. The van der Waals surface area contributed by atoms with Gasteiger partial charge in [0.15, 0.2) is 0 Å². The van der Waals surface area contributed by atoms with E-state index in [9.17, 15) is 5.11 Å². The van der Waals surface area contributed by atoms with Gasteiger partial charge >= 0.3 is 0 Å². The standard InChI is InChI=1S/C18H23N3O/c1-4-5-10-16-20-15-11-19-14-9-7-6-8-13(14)17(15)21(16)12-18(2,3)22/h6-9,11,22H,4-5,10,12H2,1-3H3. The Kier molecular flexibility index (Phi) is 3.87. The molecule has 0 atom stereocenters. The van der Waals surface area contributed by atoms with Gasteiger partial charge in [0, 0.05) is 11.8 Å². The molecular formula is C18H23N3O. The van der Waals surface area contributed by atoms with Gasteiger partial charge in [-0.1, -0.05) is 31.5 Å². The Hall–Kier alpha value is -1.94. The quantitative estimate of drug-likeness (QED) is 0.781. The van der Waals surface area contributed by atoms with E-state index in [0.717, 1.165) is 47.0 Å². The van der Waals surface area contributed by atoms with Gasteiger partial charge in [-0.15, -0.1) is 0 Å². The van der Waals surface area contributed by atoms with Gasteiger partial charge < -0.3 is 9.67 Å². The van der Waals surface area contributed by atoms with E-state index in [1.807, 2.05) is 38.2 Å². The van der Waals surface area contributed by atoms with Crippen molar-refractivity contribution < 1.29 is 5.11 Å². The van der Waals surface area contributed by atoms with E-state index >= 15 is 0 Å². The van der Waals surface area contributed by atoms with Crippen LogP contribution in [0.25, 0.3) is 21.9 Å². The lowest BCUT2D eigenvalue weighted by molar-refractivity contribution is 0.0618. The van der Waals surface area contributed by atoms with Crippen LogP contribution in [0, 0.1) is 0 Å². The summed E-state index contributed by atoms with van der Waals surface area (Å²) in [7, 11) is 0. The van der Waals surface area contributed by atoms with Crippen LogP contribution in [-0.2, 0) is 13.0 Å². The zero-order valence-corrected chi connectivity index (χ0v) is 13.5. The van der Waals surface area contributed by atoms with Gasteiger partial charge in [0.1, 0.15) is 11.3 Å². The van der Waals surface area contributed by atoms with E-state index in [4.69, 9.17) is 4.98 Å². The minimum Gasteiger partial charge on any atom is -0.389 e. The molecule has 0 bridgehead atoms. The molecule has 0 saturated carbocycles. The summed E-state index contributed by atoms with van der Waals surface area (Å²) in [6.07, 6.45) is 4.99. The van der Waals surface area contributed by atoms with Crippen LogP contribution in [0.2, 0.25) is 0 Å². The molecule has 116 valence electrons. The van der Waals surface area contributed by atoms with E-state index in [0.29, 0.717) is 6.54 Å². The van der Waals surface area contributed by atoms with Gasteiger partial charge in [0.25, 0.3) is 0 Å². The van der Waals surface area contributed by atoms with Crippen molar-refractivity contribution in [2.24, 2.45) is 0 Å². The summed E-state index contributed by atoms with van der Waals surface area (Å²) >= 11 is 0. The maximum atomic E-state index is 10.3. The average molecular weight is 297 g/mol. The Morgan fingerprint density at radius 2 is 1.95 bits per heavy atom. The molecule has 3 rings (SSSR count). The van der Waals surface area contributed by atoms with E-state index in [1.165, 1.54) is 0 Å². The first-order valence-electron chi connectivity index (χ1n) is 7.95. The number of aromatic nitrogens is 3. The largest absolute Gasteiger partial charge is 0.389 e. The number of aryl methyl sites for hydroxylation is 1. The molecule has 0 radical (unpaired) electrons. The molecule has 0 amide bonds. The monoisotopic (exact) mass is 297 g/mol. The molecule has 0 aliphatic carbocycles. The second kappa shape index (κ2) is 5.69. The zero-order chi connectivity index (χ0) is 15.7. The summed E-state index contributed by atoms with van der Waals surface area (Å²) in [4.78, 5) is 9.28. The van der Waals surface area contributed by atoms with Crippen LogP contribution < -0.4 is 0 Å². The Morgan fingerprint density at radius 1 is 1.18 bits per heavy atom. The molecule has 3 aromatic rings. The lowest BCUT2D eigenvalue weighted by atomic mass is 10.1. The van der Waals surface area contributed by atoms with Crippen molar-refractivity contribution >= 4 is 21.9 Å². The average Bonchev–Trinajstić information content (AvgIpc) is 2.81. The smallest absolute Gasteiger partial charge is 0.110 e. The Balaban J connectivity index is 2.26. The number of hydrogen-bond acceptors (Lipinski definition) is 3. The van der Waals surface area contributed by atoms with Gasteiger partial charge in [-0.25, -0.2) is 4.98 Å². The lowest BCUT2D eigenvalue weighted by Crippen LogP contribution is -2.27. The highest BCUT2D eigenvalue weighted by atomic mass is 16.3. The molecule has 2 aromatic heterocycles. The fourth-order valence-corrected chi connectivity index (χ4v) is 2.89. The molecule has 0 aliphatic heterocycles. The van der Waals surface area contributed by atoms with Crippen molar-refractivity contribution in [3.63, 3.8) is 0 Å². The van der Waals surface area contributed by atoms with Crippen LogP contribution in [0.15, 0.2) is 30.5 Å². The maximum Gasteiger partial charge on any atom is 0.110 e. The highest BCUT2D eigenvalue weighted by Gasteiger charge is 2.20. The van der Waals surface area contributed by atoms with Crippen LogP contribution in [0.1, 0.15) is 39.4 Å². The number of fused-ring (bicyclic) bond motifs is 3. The second-order valence-electron chi connectivity index (χ2n) is 6.54. The zero-order valence-electron chi connectivity index (χ0n) is 13.5. The van der Waals surface area contributed by atoms with Crippen molar-refractivity contribution in [3.8, 4) is 0 Å². The molecule has 22 heavy (non-hydrogen) atoms. The third-order valence-electron chi connectivity index (χ3n) is 3.86. The van der Waals surface area contributed by atoms with Gasteiger partial charge in [0.05, 0.1) is 29.4 Å². The normalized spacial score (nSPS) is 12.4. The molecular weight excluding hydrogens is 274 g/mol. The van der Waals surface area contributed by atoms with Crippen LogP contribution in [0.4, 0.5) is 0 Å². The first kappa shape index (κ1) is 15.0. The number of hydrogen-bond donors (Lipinski definition) is 1. The van der Waals surface area contributed by atoms with Gasteiger partial charge in [-0.2, -0.15) is 0 Å². The number of rotatable bonds is 5. The van der Waals surface area contributed by atoms with Crippen LogP contribution in [0.3, 0.4) is 0 Å². The predicted molar refractivity (Wildman–Crippen MR) is 89.9 cm³/mol. The summed E-state index contributed by atoms with van der Waals surface area (Å²) in [5.74, 6) is 1.04. The maximum absolute atomic E-state index is 10.3. The molecule has 0 fully saturated rings. The topological polar surface area (TPSA) is 50.9 Å². The molecule has 4 heteroatoms. The molecule has 4 nitrogen and oxygen atoms in total. The number of pyridine rings is 1. The van der Waals surface area contributed by atoms with Gasteiger partial charge in [-0.3, -0.25) is 4.98 Å². The Labute approximate surface area is 130 Å².